The second-order valence-corrected chi connectivity index (χ2v) is 4.69. The predicted molar refractivity (Wildman–Crippen MR) is 53.1 cm³/mol. The molecule has 0 aromatic rings. The van der Waals surface area contributed by atoms with Crippen LogP contribution in [0, 0.1) is 5.41 Å². The maximum absolute atomic E-state index is 12.5. The number of thioether (sulfide) groups is 1. The number of hydrogen-bond acceptors (Lipinski definition) is 3. The van der Waals surface area contributed by atoms with E-state index < -0.39 is 23.7 Å². The van der Waals surface area contributed by atoms with Crippen LogP contribution in [-0.4, -0.2) is 35.7 Å². The second-order valence-electron chi connectivity index (χ2n) is 3.61. The van der Waals surface area contributed by atoms with E-state index in [4.69, 9.17) is 0 Å². The van der Waals surface area contributed by atoms with Gasteiger partial charge >= 0.3 is 12.4 Å². The van der Waals surface area contributed by atoms with Crippen LogP contribution in [0.2, 0.25) is 0 Å². The molecule has 0 spiro atoms. The van der Waals surface area contributed by atoms with Gasteiger partial charge in [-0.15, -0.1) is 0 Å². The lowest BCUT2D eigenvalue weighted by Crippen LogP contribution is -2.58. The molecule has 1 heterocycles. The van der Waals surface area contributed by atoms with E-state index in [9.17, 15) is 31.1 Å². The second kappa shape index (κ2) is 4.63. The lowest BCUT2D eigenvalue weighted by Gasteiger charge is -2.32. The molecule has 0 radical (unpaired) electrons. The van der Waals surface area contributed by atoms with Crippen molar-refractivity contribution in [1.82, 2.24) is 5.32 Å². The Morgan fingerprint density at radius 2 is 1.72 bits per heavy atom. The Hall–Kier alpha value is -0.930. The summed E-state index contributed by atoms with van der Waals surface area (Å²) < 4.78 is 75.0. The van der Waals surface area contributed by atoms with Crippen LogP contribution >= 0.6 is 11.8 Å². The summed E-state index contributed by atoms with van der Waals surface area (Å²) in [4.78, 5) is 14.8. The molecule has 0 atom stereocenters. The minimum absolute atomic E-state index is 0.192. The predicted octanol–water partition coefficient (Wildman–Crippen LogP) is 2.34. The quantitative estimate of drug-likeness (QED) is 0.754. The molecule has 0 bridgehead atoms. The molecule has 1 aliphatic rings. The van der Waals surface area contributed by atoms with Gasteiger partial charge in [-0.05, 0) is 6.92 Å². The molecule has 0 fully saturated rings. The fourth-order valence-corrected chi connectivity index (χ4v) is 1.77. The normalized spacial score (nSPS) is 17.6. The van der Waals surface area contributed by atoms with E-state index >= 15 is 0 Å². The summed E-state index contributed by atoms with van der Waals surface area (Å²) in [5, 5.41) is 1.34. The van der Waals surface area contributed by atoms with Crippen molar-refractivity contribution in [3.8, 4) is 0 Å². The van der Waals surface area contributed by atoms with Gasteiger partial charge in [-0.1, -0.05) is 11.8 Å². The third-order valence-corrected chi connectivity index (χ3v) is 3.29. The van der Waals surface area contributed by atoms with Crippen molar-refractivity contribution in [3.63, 3.8) is 0 Å². The highest BCUT2D eigenvalue weighted by Gasteiger charge is 2.72. The Morgan fingerprint density at radius 1 is 1.22 bits per heavy atom. The summed E-state index contributed by atoms with van der Waals surface area (Å²) in [6.45, 7) is 0.0531. The highest BCUT2D eigenvalue weighted by atomic mass is 32.2. The highest BCUT2D eigenvalue weighted by Crippen LogP contribution is 2.50. The van der Waals surface area contributed by atoms with E-state index in [1.54, 1.807) is 5.32 Å². The first-order valence-corrected chi connectivity index (χ1v) is 5.61. The number of alkyl halides is 6. The van der Waals surface area contributed by atoms with Gasteiger partial charge in [-0.25, -0.2) is 0 Å². The summed E-state index contributed by atoms with van der Waals surface area (Å²) in [6, 6.07) is 0. The minimum atomic E-state index is -5.74. The first-order chi connectivity index (χ1) is 8.00. The van der Waals surface area contributed by atoms with Gasteiger partial charge in [0.15, 0.2) is 5.17 Å². The maximum atomic E-state index is 12.5. The molecule has 18 heavy (non-hydrogen) atoms. The molecule has 0 unspecified atom stereocenters. The van der Waals surface area contributed by atoms with E-state index in [0.717, 1.165) is 11.8 Å². The molecule has 0 aliphatic carbocycles. The number of amides is 1. The van der Waals surface area contributed by atoms with Crippen LogP contribution in [0.1, 0.15) is 6.92 Å². The standard InChI is InChI=1S/C8H8F6N2OS/c1-6(7(9,10)11,8(12,13)14)4(17)16-5-15-2-3-18-5/h2-3H2,1H3,(H,15,16,17). The Labute approximate surface area is 102 Å². The molecule has 3 nitrogen and oxygen atoms in total. The van der Waals surface area contributed by atoms with Crippen molar-refractivity contribution in [2.45, 2.75) is 19.3 Å². The molecule has 0 saturated heterocycles. The largest absolute Gasteiger partial charge is 0.411 e. The zero-order valence-corrected chi connectivity index (χ0v) is 9.76. The van der Waals surface area contributed by atoms with Crippen LogP contribution in [0.25, 0.3) is 0 Å². The van der Waals surface area contributed by atoms with Crippen LogP contribution in [0.5, 0.6) is 0 Å². The van der Waals surface area contributed by atoms with Crippen LogP contribution in [0.4, 0.5) is 26.3 Å². The molecule has 1 amide bonds. The van der Waals surface area contributed by atoms with Gasteiger partial charge in [0.05, 0.1) is 6.54 Å². The zero-order valence-electron chi connectivity index (χ0n) is 8.95. The number of carbonyl (C=O) groups is 1. The highest BCUT2D eigenvalue weighted by molar-refractivity contribution is 8.14. The summed E-state index contributed by atoms with van der Waals surface area (Å²) in [7, 11) is 0. The fraction of sp³-hybridized carbons (Fsp3) is 0.750. The summed E-state index contributed by atoms with van der Waals surface area (Å²) in [6.07, 6.45) is -11.5. The number of aliphatic imine (C=N–C) groups is 1. The van der Waals surface area contributed by atoms with Crippen molar-refractivity contribution in [2.75, 3.05) is 12.3 Å². The molecule has 1 N–H and O–H groups in total. The van der Waals surface area contributed by atoms with Crippen molar-refractivity contribution < 1.29 is 31.1 Å². The Bertz CT molecular complexity index is 361. The van der Waals surface area contributed by atoms with E-state index in [1.807, 2.05) is 0 Å². The third kappa shape index (κ3) is 2.57. The number of halogens is 6. The summed E-state index contributed by atoms with van der Waals surface area (Å²) in [5.41, 5.74) is -4.45. The fourth-order valence-electron chi connectivity index (χ4n) is 1.05. The number of nitrogens with one attached hydrogen (secondary N) is 1. The first kappa shape index (κ1) is 15.1. The summed E-state index contributed by atoms with van der Waals surface area (Å²) >= 11 is 0.891. The van der Waals surface area contributed by atoms with Gasteiger partial charge in [-0.3, -0.25) is 9.79 Å². The van der Waals surface area contributed by atoms with Crippen molar-refractivity contribution in [3.05, 3.63) is 0 Å². The number of carbonyl (C=O) groups excluding carboxylic acids is 1. The monoisotopic (exact) mass is 294 g/mol. The SMILES string of the molecule is CC(C(=O)NC1=NCCS1)(C(F)(F)F)C(F)(F)F. The Kier molecular flexibility index (Phi) is 3.89. The Morgan fingerprint density at radius 3 is 2.06 bits per heavy atom. The molecule has 10 heteroatoms. The van der Waals surface area contributed by atoms with Crippen LogP contribution in [0.3, 0.4) is 0 Å². The van der Waals surface area contributed by atoms with Gasteiger partial charge < -0.3 is 5.32 Å². The first-order valence-electron chi connectivity index (χ1n) is 4.62. The van der Waals surface area contributed by atoms with Gasteiger partial charge in [0.2, 0.25) is 11.3 Å². The molecule has 0 saturated carbocycles. The van der Waals surface area contributed by atoms with Crippen LogP contribution in [0.15, 0.2) is 4.99 Å². The van der Waals surface area contributed by atoms with E-state index in [-0.39, 0.29) is 18.6 Å². The topological polar surface area (TPSA) is 41.5 Å². The smallest absolute Gasteiger partial charge is 0.304 e. The van der Waals surface area contributed by atoms with E-state index in [2.05, 4.69) is 4.99 Å². The molecule has 0 aromatic heterocycles. The van der Waals surface area contributed by atoms with Gasteiger partial charge in [0.1, 0.15) is 0 Å². The van der Waals surface area contributed by atoms with Gasteiger partial charge in [-0.2, -0.15) is 26.3 Å². The lowest BCUT2D eigenvalue weighted by molar-refractivity contribution is -0.318. The maximum Gasteiger partial charge on any atom is 0.411 e. The lowest BCUT2D eigenvalue weighted by atomic mass is 9.88. The number of hydrogen-bond donors (Lipinski definition) is 1. The molecule has 1 aliphatic heterocycles. The van der Waals surface area contributed by atoms with Gasteiger partial charge in [0.25, 0.3) is 0 Å². The van der Waals surface area contributed by atoms with Gasteiger partial charge in [0, 0.05) is 5.75 Å². The average Bonchev–Trinajstić information content (AvgIpc) is 2.65. The summed E-state index contributed by atoms with van der Waals surface area (Å²) in [5.74, 6) is -1.76. The Balaban J connectivity index is 3.01. The molecule has 104 valence electrons. The van der Waals surface area contributed by atoms with Crippen LogP contribution in [-0.2, 0) is 4.79 Å². The van der Waals surface area contributed by atoms with E-state index in [0.29, 0.717) is 5.75 Å². The van der Waals surface area contributed by atoms with Crippen LogP contribution < -0.4 is 5.32 Å². The number of amidine groups is 1. The van der Waals surface area contributed by atoms with Crippen molar-refractivity contribution in [2.24, 2.45) is 10.4 Å². The molecule has 1 rings (SSSR count). The zero-order chi connectivity index (χ0) is 14.2. The molecular formula is C8H8F6N2OS. The van der Waals surface area contributed by atoms with Crippen molar-refractivity contribution in [1.29, 1.82) is 0 Å². The van der Waals surface area contributed by atoms with E-state index in [1.165, 1.54) is 0 Å². The average molecular weight is 294 g/mol. The molecule has 0 aromatic carbocycles. The third-order valence-electron chi connectivity index (χ3n) is 2.39. The number of rotatable bonds is 1. The molecular weight excluding hydrogens is 286 g/mol. The van der Waals surface area contributed by atoms with Crippen molar-refractivity contribution >= 4 is 22.8 Å². The number of nitrogens with zero attached hydrogens (tertiary/aromatic N) is 1. The minimum Gasteiger partial charge on any atom is -0.304 e.